The monoisotopic (exact) mass is 605 g/mol. The Morgan fingerprint density at radius 1 is 0.543 bits per heavy atom. The van der Waals surface area contributed by atoms with Crippen molar-refractivity contribution in [3.63, 3.8) is 0 Å². The molecule has 1 N–H and O–H groups in total. The highest BCUT2D eigenvalue weighted by atomic mass is 32.1. The second-order valence-electron chi connectivity index (χ2n) is 12.0. The number of rotatable bonds is 3. The molecule has 1 aliphatic rings. The van der Waals surface area contributed by atoms with Gasteiger partial charge in [0, 0.05) is 37.7 Å². The summed E-state index contributed by atoms with van der Waals surface area (Å²) in [7, 11) is 0. The third-order valence-corrected chi connectivity index (χ3v) is 10.6. The average Bonchev–Trinajstić information content (AvgIpc) is 3.70. The standard InChI is InChI=1S/C42H27N3S/c1-3-14-27(15-4-1)34-25-36(44-42(43-34)28-16-5-2-6-17-28)45-39-29-18-8-7-13-26(29)23-24-33(39)37-30-19-9-10-20-31(30)38-32-21-11-12-22-35(32)46-41(38)40(37)45/h1-25,42,44H. The molecule has 0 spiro atoms. The number of fused-ring (bicyclic) bond motifs is 12. The van der Waals surface area contributed by atoms with Gasteiger partial charge in [0.25, 0.3) is 0 Å². The summed E-state index contributed by atoms with van der Waals surface area (Å²) < 4.78 is 5.11. The molecule has 0 amide bonds. The Hall–Kier alpha value is -5.71. The van der Waals surface area contributed by atoms with Gasteiger partial charge in [-0.05, 0) is 33.4 Å². The maximum Gasteiger partial charge on any atom is 0.146 e. The van der Waals surface area contributed by atoms with E-state index in [4.69, 9.17) is 4.99 Å². The molecule has 7 aromatic carbocycles. The first kappa shape index (κ1) is 25.6. The lowest BCUT2D eigenvalue weighted by atomic mass is 9.98. The molecule has 2 aromatic heterocycles. The van der Waals surface area contributed by atoms with Crippen molar-refractivity contribution in [2.24, 2.45) is 4.99 Å². The molecule has 4 heteroatoms. The van der Waals surface area contributed by atoms with Crippen molar-refractivity contribution in [2.75, 3.05) is 0 Å². The van der Waals surface area contributed by atoms with E-state index in [2.05, 4.69) is 162 Å². The Labute approximate surface area is 269 Å². The van der Waals surface area contributed by atoms with E-state index in [-0.39, 0.29) is 6.17 Å². The van der Waals surface area contributed by atoms with E-state index in [0.717, 1.165) is 22.7 Å². The molecule has 216 valence electrons. The molecule has 9 aromatic rings. The first-order valence-electron chi connectivity index (χ1n) is 15.7. The van der Waals surface area contributed by atoms with Gasteiger partial charge in [-0.1, -0.05) is 140 Å². The molecule has 0 fully saturated rings. The summed E-state index contributed by atoms with van der Waals surface area (Å²) in [5.41, 5.74) is 5.64. The summed E-state index contributed by atoms with van der Waals surface area (Å²) in [6.07, 6.45) is 2.00. The fraction of sp³-hybridized carbons (Fsp3) is 0.0238. The van der Waals surface area contributed by atoms with Crippen LogP contribution in [0.3, 0.4) is 0 Å². The number of nitrogens with one attached hydrogen (secondary N) is 1. The maximum atomic E-state index is 5.27. The van der Waals surface area contributed by atoms with Gasteiger partial charge < -0.3 is 5.32 Å². The molecule has 0 aliphatic carbocycles. The van der Waals surface area contributed by atoms with Gasteiger partial charge in [-0.3, -0.25) is 9.56 Å². The number of allylic oxidation sites excluding steroid dienone is 1. The highest BCUT2D eigenvalue weighted by Crippen LogP contribution is 2.49. The zero-order valence-corrected chi connectivity index (χ0v) is 25.6. The molecule has 0 radical (unpaired) electrons. The lowest BCUT2D eigenvalue weighted by Gasteiger charge is -2.26. The molecule has 1 aliphatic heterocycles. The number of benzene rings is 7. The van der Waals surface area contributed by atoms with E-state index in [1.807, 2.05) is 11.3 Å². The van der Waals surface area contributed by atoms with Crippen LogP contribution in [0.2, 0.25) is 0 Å². The Bertz CT molecular complexity index is 2710. The fourth-order valence-electron chi connectivity index (χ4n) is 7.39. The molecule has 3 nitrogen and oxygen atoms in total. The highest BCUT2D eigenvalue weighted by Gasteiger charge is 2.27. The predicted molar refractivity (Wildman–Crippen MR) is 197 cm³/mol. The van der Waals surface area contributed by atoms with Gasteiger partial charge in [0.05, 0.1) is 21.4 Å². The Morgan fingerprint density at radius 2 is 1.20 bits per heavy atom. The van der Waals surface area contributed by atoms with E-state index < -0.39 is 0 Å². The van der Waals surface area contributed by atoms with Gasteiger partial charge in [-0.15, -0.1) is 11.3 Å². The Kier molecular flexibility index (Phi) is 5.51. The molecule has 0 saturated heterocycles. The van der Waals surface area contributed by atoms with E-state index >= 15 is 0 Å². The lowest BCUT2D eigenvalue weighted by molar-refractivity contribution is 0.647. The van der Waals surface area contributed by atoms with Crippen LogP contribution in [0.5, 0.6) is 0 Å². The van der Waals surface area contributed by atoms with Crippen molar-refractivity contribution in [1.29, 1.82) is 0 Å². The minimum absolute atomic E-state index is 0.239. The summed E-state index contributed by atoms with van der Waals surface area (Å²) in [5, 5.41) is 14.1. The van der Waals surface area contributed by atoms with Crippen LogP contribution < -0.4 is 5.32 Å². The molecule has 1 atom stereocenters. The molecule has 0 bridgehead atoms. The summed E-state index contributed by atoms with van der Waals surface area (Å²) in [6.45, 7) is 0. The Balaban J connectivity index is 1.41. The third-order valence-electron chi connectivity index (χ3n) is 9.38. The van der Waals surface area contributed by atoms with Gasteiger partial charge >= 0.3 is 0 Å². The van der Waals surface area contributed by atoms with Crippen LogP contribution in [0.15, 0.2) is 157 Å². The summed E-state index contributed by atoms with van der Waals surface area (Å²) in [4.78, 5) is 5.27. The van der Waals surface area contributed by atoms with Crippen LogP contribution in [0.4, 0.5) is 0 Å². The molecule has 0 saturated carbocycles. The average molecular weight is 606 g/mol. The molecule has 3 heterocycles. The summed E-state index contributed by atoms with van der Waals surface area (Å²) >= 11 is 1.89. The van der Waals surface area contributed by atoms with Gasteiger partial charge in [0.15, 0.2) is 0 Å². The van der Waals surface area contributed by atoms with Gasteiger partial charge in [-0.2, -0.15) is 0 Å². The normalized spacial score (nSPS) is 15.2. The van der Waals surface area contributed by atoms with Crippen molar-refractivity contribution < 1.29 is 0 Å². The lowest BCUT2D eigenvalue weighted by Crippen LogP contribution is -2.27. The minimum atomic E-state index is -0.239. The second kappa shape index (κ2) is 9.90. The summed E-state index contributed by atoms with van der Waals surface area (Å²) in [5.74, 6) is 1.02. The van der Waals surface area contributed by atoms with Crippen molar-refractivity contribution in [1.82, 2.24) is 9.88 Å². The van der Waals surface area contributed by atoms with Gasteiger partial charge in [-0.25, -0.2) is 0 Å². The van der Waals surface area contributed by atoms with Crippen molar-refractivity contribution >= 4 is 86.4 Å². The number of nitrogens with zero attached hydrogens (tertiary/aromatic N) is 2. The smallest absolute Gasteiger partial charge is 0.146 e. The maximum absolute atomic E-state index is 5.27. The fourth-order valence-corrected chi connectivity index (χ4v) is 8.64. The van der Waals surface area contributed by atoms with Crippen LogP contribution >= 0.6 is 11.3 Å². The van der Waals surface area contributed by atoms with E-state index in [0.29, 0.717) is 0 Å². The quantitative estimate of drug-likeness (QED) is 0.213. The molecular formula is C42H27N3S. The molecular weight excluding hydrogens is 579 g/mol. The van der Waals surface area contributed by atoms with Crippen molar-refractivity contribution in [2.45, 2.75) is 6.17 Å². The number of hydrogen-bond acceptors (Lipinski definition) is 3. The van der Waals surface area contributed by atoms with Gasteiger partial charge in [0.1, 0.15) is 12.0 Å². The van der Waals surface area contributed by atoms with Crippen molar-refractivity contribution in [3.05, 3.63) is 163 Å². The number of thiophene rings is 1. The van der Waals surface area contributed by atoms with Crippen LogP contribution in [0.25, 0.3) is 69.3 Å². The van der Waals surface area contributed by atoms with E-state index in [1.54, 1.807) is 0 Å². The molecule has 1 unspecified atom stereocenters. The van der Waals surface area contributed by atoms with E-state index in [9.17, 15) is 0 Å². The first-order valence-corrected chi connectivity index (χ1v) is 16.5. The zero-order valence-electron chi connectivity index (χ0n) is 24.8. The topological polar surface area (TPSA) is 29.3 Å². The number of aliphatic imine (C=N–C) groups is 1. The second-order valence-corrected chi connectivity index (χ2v) is 13.0. The minimum Gasteiger partial charge on any atom is -0.346 e. The highest BCUT2D eigenvalue weighted by molar-refractivity contribution is 7.27. The van der Waals surface area contributed by atoms with Crippen LogP contribution in [-0.2, 0) is 0 Å². The SMILES string of the molecule is C1=C(n2c3c4ccccc4ccc3c3c4ccccc4c4c5ccccc5sc4c32)NC(c2ccccc2)N=C1c1ccccc1. The predicted octanol–water partition coefficient (Wildman–Crippen LogP) is 11.1. The molecule has 46 heavy (non-hydrogen) atoms. The Morgan fingerprint density at radius 3 is 2.00 bits per heavy atom. The number of hydrogen-bond donors (Lipinski definition) is 1. The summed E-state index contributed by atoms with van der Waals surface area (Å²) in [6, 6.07) is 52.3. The van der Waals surface area contributed by atoms with Crippen LogP contribution in [0.1, 0.15) is 17.3 Å². The third kappa shape index (κ3) is 3.68. The van der Waals surface area contributed by atoms with Crippen molar-refractivity contribution in [3.8, 4) is 0 Å². The largest absolute Gasteiger partial charge is 0.346 e. The first-order chi connectivity index (χ1) is 22.8. The molecule has 10 rings (SSSR count). The van der Waals surface area contributed by atoms with E-state index in [1.165, 1.54) is 63.5 Å². The number of aromatic nitrogens is 1. The van der Waals surface area contributed by atoms with Gasteiger partial charge in [0.2, 0.25) is 0 Å². The van der Waals surface area contributed by atoms with Crippen LogP contribution in [0, 0.1) is 0 Å². The van der Waals surface area contributed by atoms with Crippen LogP contribution in [-0.4, -0.2) is 10.3 Å². The zero-order chi connectivity index (χ0) is 30.2.